The first-order chi connectivity index (χ1) is 8.41. The first-order valence-corrected chi connectivity index (χ1v) is 7.86. The van der Waals surface area contributed by atoms with Gasteiger partial charge in [0.2, 0.25) is 0 Å². The van der Waals surface area contributed by atoms with Crippen LogP contribution in [0.3, 0.4) is 0 Å². The summed E-state index contributed by atoms with van der Waals surface area (Å²) < 4.78 is 0. The van der Waals surface area contributed by atoms with Crippen LogP contribution in [0.2, 0.25) is 0 Å². The average Bonchev–Trinajstić information content (AvgIpc) is 2.72. The van der Waals surface area contributed by atoms with Crippen molar-refractivity contribution in [1.29, 1.82) is 0 Å². The van der Waals surface area contributed by atoms with Crippen LogP contribution in [0, 0.1) is 23.7 Å². The van der Waals surface area contributed by atoms with Crippen LogP contribution in [0.5, 0.6) is 0 Å². The lowest BCUT2D eigenvalue weighted by atomic mass is 9.95. The van der Waals surface area contributed by atoms with Gasteiger partial charge in [0.1, 0.15) is 0 Å². The van der Waals surface area contributed by atoms with Gasteiger partial charge in [-0.2, -0.15) is 0 Å². The first-order valence-electron chi connectivity index (χ1n) is 7.86. The molecular formula is C16H34N2. The normalized spacial score (nSPS) is 23.5. The maximum absolute atomic E-state index is 3.65. The predicted octanol–water partition coefficient (Wildman–Crippen LogP) is 3.23. The summed E-state index contributed by atoms with van der Waals surface area (Å²) in [6.07, 6.45) is 1.39. The van der Waals surface area contributed by atoms with E-state index in [4.69, 9.17) is 0 Å². The maximum atomic E-state index is 3.65. The van der Waals surface area contributed by atoms with E-state index in [0.29, 0.717) is 6.04 Å². The van der Waals surface area contributed by atoms with Crippen LogP contribution in [0.1, 0.15) is 48.0 Å². The molecular weight excluding hydrogens is 220 g/mol. The standard InChI is InChI=1S/C16H34N2/c1-12(2)9-17-10-16(14(5)6)18-8-7-15(11-18)13(3)4/h12-17H,7-11H2,1-6H3. The minimum Gasteiger partial charge on any atom is -0.315 e. The lowest BCUT2D eigenvalue weighted by molar-refractivity contribution is 0.174. The van der Waals surface area contributed by atoms with Gasteiger partial charge in [0.25, 0.3) is 0 Å². The number of rotatable bonds is 7. The summed E-state index contributed by atoms with van der Waals surface area (Å²) in [5, 5.41) is 3.65. The molecule has 18 heavy (non-hydrogen) atoms. The summed E-state index contributed by atoms with van der Waals surface area (Å²) in [4.78, 5) is 2.72. The molecule has 1 aliphatic rings. The van der Waals surface area contributed by atoms with Crippen molar-refractivity contribution in [1.82, 2.24) is 10.2 Å². The van der Waals surface area contributed by atoms with Gasteiger partial charge in [-0.15, -0.1) is 0 Å². The van der Waals surface area contributed by atoms with Crippen molar-refractivity contribution >= 4 is 0 Å². The van der Waals surface area contributed by atoms with Crippen LogP contribution in [-0.4, -0.2) is 37.1 Å². The van der Waals surface area contributed by atoms with Crippen molar-refractivity contribution in [3.8, 4) is 0 Å². The van der Waals surface area contributed by atoms with Crippen LogP contribution in [0.25, 0.3) is 0 Å². The van der Waals surface area contributed by atoms with Crippen molar-refractivity contribution in [2.45, 2.75) is 54.0 Å². The third-order valence-corrected chi connectivity index (χ3v) is 4.34. The van der Waals surface area contributed by atoms with Gasteiger partial charge in [0.05, 0.1) is 0 Å². The molecule has 1 heterocycles. The number of hydrogen-bond donors (Lipinski definition) is 1. The summed E-state index contributed by atoms with van der Waals surface area (Å²) in [6.45, 7) is 18.9. The molecule has 2 unspecified atom stereocenters. The van der Waals surface area contributed by atoms with Gasteiger partial charge in [-0.05, 0) is 43.2 Å². The quantitative estimate of drug-likeness (QED) is 0.750. The molecule has 0 spiro atoms. The van der Waals surface area contributed by atoms with Gasteiger partial charge in [0.15, 0.2) is 0 Å². The van der Waals surface area contributed by atoms with E-state index < -0.39 is 0 Å². The van der Waals surface area contributed by atoms with E-state index in [1.165, 1.54) is 19.5 Å². The SMILES string of the molecule is CC(C)CNCC(C(C)C)N1CCC(C(C)C)C1. The predicted molar refractivity (Wildman–Crippen MR) is 80.9 cm³/mol. The Labute approximate surface area is 115 Å². The molecule has 0 saturated carbocycles. The Bertz CT molecular complexity index is 223. The summed E-state index contributed by atoms with van der Waals surface area (Å²) in [5.41, 5.74) is 0. The van der Waals surface area contributed by atoms with Crippen molar-refractivity contribution in [3.05, 3.63) is 0 Å². The molecule has 0 bridgehead atoms. The molecule has 0 aromatic rings. The Kier molecular flexibility index (Phi) is 6.65. The number of nitrogens with zero attached hydrogens (tertiary/aromatic N) is 1. The Morgan fingerprint density at radius 2 is 1.72 bits per heavy atom. The molecule has 0 aliphatic carbocycles. The second-order valence-corrected chi connectivity index (χ2v) is 7.15. The van der Waals surface area contributed by atoms with E-state index in [1.807, 2.05) is 0 Å². The van der Waals surface area contributed by atoms with Gasteiger partial charge >= 0.3 is 0 Å². The van der Waals surface area contributed by atoms with Crippen molar-refractivity contribution in [2.75, 3.05) is 26.2 Å². The third-order valence-electron chi connectivity index (χ3n) is 4.34. The van der Waals surface area contributed by atoms with Gasteiger partial charge in [-0.1, -0.05) is 41.5 Å². The lowest BCUT2D eigenvalue weighted by Crippen LogP contribution is -2.45. The molecule has 1 aliphatic heterocycles. The zero-order chi connectivity index (χ0) is 13.7. The van der Waals surface area contributed by atoms with Crippen molar-refractivity contribution in [2.24, 2.45) is 23.7 Å². The fraction of sp³-hybridized carbons (Fsp3) is 1.00. The molecule has 0 aromatic heterocycles. The second kappa shape index (κ2) is 7.49. The smallest absolute Gasteiger partial charge is 0.0243 e. The summed E-state index contributed by atoms with van der Waals surface area (Å²) in [5.74, 6) is 3.25. The fourth-order valence-corrected chi connectivity index (χ4v) is 2.97. The highest BCUT2D eigenvalue weighted by Gasteiger charge is 2.30. The monoisotopic (exact) mass is 254 g/mol. The van der Waals surface area contributed by atoms with Crippen molar-refractivity contribution in [3.63, 3.8) is 0 Å². The van der Waals surface area contributed by atoms with Gasteiger partial charge in [-0.25, -0.2) is 0 Å². The van der Waals surface area contributed by atoms with Crippen LogP contribution in [0.4, 0.5) is 0 Å². The molecule has 1 N–H and O–H groups in total. The molecule has 2 atom stereocenters. The van der Waals surface area contributed by atoms with E-state index in [-0.39, 0.29) is 0 Å². The summed E-state index contributed by atoms with van der Waals surface area (Å²) in [6, 6.07) is 0.715. The van der Waals surface area contributed by atoms with Crippen LogP contribution in [-0.2, 0) is 0 Å². The number of likely N-dealkylation sites (tertiary alicyclic amines) is 1. The highest BCUT2D eigenvalue weighted by atomic mass is 15.2. The average molecular weight is 254 g/mol. The highest BCUT2D eigenvalue weighted by Crippen LogP contribution is 2.26. The Morgan fingerprint density at radius 3 is 2.17 bits per heavy atom. The van der Waals surface area contributed by atoms with Gasteiger partial charge in [0, 0.05) is 19.1 Å². The Balaban J connectivity index is 2.43. The third kappa shape index (κ3) is 4.89. The number of hydrogen-bond acceptors (Lipinski definition) is 2. The van der Waals surface area contributed by atoms with E-state index in [2.05, 4.69) is 51.8 Å². The highest BCUT2D eigenvalue weighted by molar-refractivity contribution is 4.85. The van der Waals surface area contributed by atoms with E-state index in [1.54, 1.807) is 0 Å². The number of nitrogens with one attached hydrogen (secondary N) is 1. The summed E-state index contributed by atoms with van der Waals surface area (Å²) in [7, 11) is 0. The summed E-state index contributed by atoms with van der Waals surface area (Å²) >= 11 is 0. The van der Waals surface area contributed by atoms with Gasteiger partial charge < -0.3 is 5.32 Å². The Hall–Kier alpha value is -0.0800. The minimum absolute atomic E-state index is 0.715. The van der Waals surface area contributed by atoms with E-state index in [0.717, 1.165) is 36.8 Å². The van der Waals surface area contributed by atoms with Crippen LogP contribution < -0.4 is 5.32 Å². The molecule has 108 valence electrons. The largest absolute Gasteiger partial charge is 0.315 e. The Morgan fingerprint density at radius 1 is 1.06 bits per heavy atom. The molecule has 0 radical (unpaired) electrons. The molecule has 1 saturated heterocycles. The topological polar surface area (TPSA) is 15.3 Å². The van der Waals surface area contributed by atoms with E-state index >= 15 is 0 Å². The zero-order valence-electron chi connectivity index (χ0n) is 13.4. The second-order valence-electron chi connectivity index (χ2n) is 7.15. The molecule has 0 aromatic carbocycles. The minimum atomic E-state index is 0.715. The molecule has 2 nitrogen and oxygen atoms in total. The molecule has 0 amide bonds. The van der Waals surface area contributed by atoms with Gasteiger partial charge in [-0.3, -0.25) is 4.90 Å². The molecule has 1 fully saturated rings. The van der Waals surface area contributed by atoms with Crippen molar-refractivity contribution < 1.29 is 0 Å². The maximum Gasteiger partial charge on any atom is 0.0243 e. The van der Waals surface area contributed by atoms with Crippen LogP contribution in [0.15, 0.2) is 0 Å². The fourth-order valence-electron chi connectivity index (χ4n) is 2.97. The zero-order valence-corrected chi connectivity index (χ0v) is 13.4. The molecule has 1 rings (SSSR count). The molecule has 2 heteroatoms. The lowest BCUT2D eigenvalue weighted by Gasteiger charge is -2.32. The van der Waals surface area contributed by atoms with E-state index in [9.17, 15) is 0 Å². The first kappa shape index (κ1) is 16.0. The van der Waals surface area contributed by atoms with Crippen LogP contribution >= 0.6 is 0 Å².